The van der Waals surface area contributed by atoms with Gasteiger partial charge in [0.25, 0.3) is 5.91 Å². The van der Waals surface area contributed by atoms with Gasteiger partial charge in [0, 0.05) is 46.0 Å². The number of rotatable bonds is 5. The van der Waals surface area contributed by atoms with Crippen molar-refractivity contribution in [3.05, 3.63) is 82.9 Å². The van der Waals surface area contributed by atoms with Crippen LogP contribution >= 0.6 is 0 Å². The first-order valence-electron chi connectivity index (χ1n) is 17.2. The zero-order chi connectivity index (χ0) is 34.2. The fourth-order valence-electron chi connectivity index (χ4n) is 7.77. The molecule has 0 fully saturated rings. The van der Waals surface area contributed by atoms with Crippen LogP contribution in [0.3, 0.4) is 0 Å². The third-order valence-corrected chi connectivity index (χ3v) is 16.3. The van der Waals surface area contributed by atoms with E-state index in [4.69, 9.17) is 9.10 Å². The molecule has 0 aliphatic carbocycles. The molecule has 2 atom stereocenters. The van der Waals surface area contributed by atoms with Crippen LogP contribution in [0.25, 0.3) is 22.2 Å². The van der Waals surface area contributed by atoms with E-state index < -0.39 is 32.6 Å². The number of nitrogens with zero attached hydrogens (tertiary/aromatic N) is 4. The number of pyridine rings is 1. The van der Waals surface area contributed by atoms with Crippen molar-refractivity contribution in [2.45, 2.75) is 96.1 Å². The number of carbonyl (C=O) groups is 1. The molecule has 6 nitrogen and oxygen atoms in total. The Labute approximate surface area is 266 Å². The molecular formula is C37H44N4O2Si. The van der Waals surface area contributed by atoms with Gasteiger partial charge in [0.1, 0.15) is 19.5 Å². The third-order valence-electron chi connectivity index (χ3n) is 9.98. The topological polar surface area (TPSA) is 71.2 Å². The van der Waals surface area contributed by atoms with E-state index in [1.54, 1.807) is 26.1 Å². The summed E-state index contributed by atoms with van der Waals surface area (Å²) in [5.74, 6) is 3.67. The Morgan fingerprint density at radius 1 is 1.00 bits per heavy atom. The molecule has 4 heterocycles. The van der Waals surface area contributed by atoms with Crippen molar-refractivity contribution in [3.63, 3.8) is 0 Å². The van der Waals surface area contributed by atoms with Crippen LogP contribution in [0.15, 0.2) is 54.7 Å². The van der Waals surface area contributed by atoms with E-state index in [1.165, 1.54) is 0 Å². The molecule has 44 heavy (non-hydrogen) atoms. The molecule has 6 rings (SSSR count). The normalized spacial score (nSPS) is 19.4. The molecule has 2 aliphatic heterocycles. The van der Waals surface area contributed by atoms with Crippen molar-refractivity contribution >= 4 is 25.0 Å². The van der Waals surface area contributed by atoms with Crippen LogP contribution in [-0.2, 0) is 5.60 Å². The number of carbonyl (C=O) groups excluding carboxylic acids is 1. The highest BCUT2D eigenvalue weighted by Crippen LogP contribution is 2.49. The summed E-state index contributed by atoms with van der Waals surface area (Å²) in [6.07, 6.45) is 2.16. The van der Waals surface area contributed by atoms with Crippen LogP contribution < -0.4 is 0 Å². The third kappa shape index (κ3) is 4.62. The minimum Gasteiger partial charge on any atom is -0.384 e. The summed E-state index contributed by atoms with van der Waals surface area (Å²) in [4.78, 5) is 24.7. The van der Waals surface area contributed by atoms with Crippen LogP contribution in [0.2, 0.25) is 16.6 Å². The van der Waals surface area contributed by atoms with Gasteiger partial charge in [-0.1, -0.05) is 65.7 Å². The summed E-state index contributed by atoms with van der Waals surface area (Å²) in [5, 5.41) is 10.4. The summed E-state index contributed by atoms with van der Waals surface area (Å²) in [6.45, 7) is 14.4. The number of hydrogen-bond donors (Lipinski definition) is 1. The molecule has 0 saturated heterocycles. The Bertz CT molecular complexity index is 1910. The molecule has 0 unspecified atom stereocenters. The molecular weight excluding hydrogens is 561 g/mol. The number of benzene rings is 2. The van der Waals surface area contributed by atoms with Crippen molar-refractivity contribution < 1.29 is 14.0 Å². The van der Waals surface area contributed by atoms with Gasteiger partial charge in [0.2, 0.25) is 0 Å². The van der Waals surface area contributed by atoms with E-state index in [0.717, 1.165) is 38.2 Å². The van der Waals surface area contributed by atoms with Crippen LogP contribution in [0.5, 0.6) is 0 Å². The largest absolute Gasteiger partial charge is 0.384 e. The van der Waals surface area contributed by atoms with E-state index in [0.29, 0.717) is 40.1 Å². The zero-order valence-corrected chi connectivity index (χ0v) is 27.9. The van der Waals surface area contributed by atoms with Gasteiger partial charge in [-0.05, 0) is 66.4 Å². The standard InChI is InChI=1S/C37H44N4O2Si/c1-22(2)44(23(3)4,24(5)6)18-17-25-11-10-12-28-34(25)31-20-32(40(9)36(28)42)35-39-29-15-13-26(19-30(29)41(31)35)27-14-16-33(38-21-27)37(7,8)43/h10-16,19,21-24,31-32,43H,20H2,1-9H3/t31-,32-/m1/s1/i9D3. The summed E-state index contributed by atoms with van der Waals surface area (Å²) in [6, 6.07) is 14.3. The van der Waals surface area contributed by atoms with Gasteiger partial charge in [0.15, 0.2) is 0 Å². The molecule has 7 heteroatoms. The highest BCUT2D eigenvalue weighted by atomic mass is 28.3. The molecule has 2 aromatic heterocycles. The second kappa shape index (κ2) is 10.7. The lowest BCUT2D eigenvalue weighted by Gasteiger charge is -2.38. The Morgan fingerprint density at radius 3 is 2.32 bits per heavy atom. The number of hydrogen-bond acceptors (Lipinski definition) is 4. The average Bonchev–Trinajstić information content (AvgIpc) is 3.48. The molecule has 0 saturated carbocycles. The molecule has 228 valence electrons. The minimum atomic E-state index is -2.66. The lowest BCUT2D eigenvalue weighted by atomic mass is 9.93. The summed E-state index contributed by atoms with van der Waals surface area (Å²) in [5.41, 5.74) is 10.0. The first-order valence-corrected chi connectivity index (χ1v) is 17.9. The minimum absolute atomic E-state index is 0.323. The Morgan fingerprint density at radius 2 is 1.70 bits per heavy atom. The summed E-state index contributed by atoms with van der Waals surface area (Å²) in [7, 11) is -2.10. The molecule has 0 radical (unpaired) electrons. The van der Waals surface area contributed by atoms with Gasteiger partial charge in [0.05, 0.1) is 28.8 Å². The Hall–Kier alpha value is -3.73. The van der Waals surface area contributed by atoms with Gasteiger partial charge in [-0.15, -0.1) is 5.54 Å². The molecule has 1 N–H and O–H groups in total. The van der Waals surface area contributed by atoms with Crippen molar-refractivity contribution in [2.24, 2.45) is 0 Å². The van der Waals surface area contributed by atoms with Crippen LogP contribution in [0, 0.1) is 11.5 Å². The van der Waals surface area contributed by atoms with Gasteiger partial charge in [-0.2, -0.15) is 0 Å². The fourth-order valence-corrected chi connectivity index (χ4v) is 13.0. The van der Waals surface area contributed by atoms with E-state index in [-0.39, 0.29) is 6.04 Å². The molecule has 2 bridgehead atoms. The quantitative estimate of drug-likeness (QED) is 0.184. The van der Waals surface area contributed by atoms with Crippen LogP contribution in [-0.4, -0.2) is 45.5 Å². The van der Waals surface area contributed by atoms with E-state index in [1.807, 2.05) is 36.4 Å². The number of fused-ring (bicyclic) bond motifs is 9. The van der Waals surface area contributed by atoms with Gasteiger partial charge in [-0.3, -0.25) is 9.78 Å². The molecule has 4 aromatic rings. The lowest BCUT2D eigenvalue weighted by Crippen LogP contribution is -2.43. The number of aliphatic hydroxyl groups is 1. The van der Waals surface area contributed by atoms with Crippen molar-refractivity contribution in [3.8, 4) is 22.6 Å². The summed E-state index contributed by atoms with van der Waals surface area (Å²) < 4.78 is 27.5. The average molecular weight is 608 g/mol. The van der Waals surface area contributed by atoms with Crippen LogP contribution in [0.1, 0.15) is 111 Å². The van der Waals surface area contributed by atoms with Gasteiger partial charge in [-0.25, -0.2) is 4.98 Å². The fraction of sp³-hybridized carbons (Fsp3) is 0.432. The maximum Gasteiger partial charge on any atom is 0.254 e. The molecule has 2 aromatic carbocycles. The predicted octanol–water partition coefficient (Wildman–Crippen LogP) is 8.02. The second-order valence-corrected chi connectivity index (χ2v) is 19.5. The maximum atomic E-state index is 14.2. The van der Waals surface area contributed by atoms with Gasteiger partial charge >= 0.3 is 0 Å². The van der Waals surface area contributed by atoms with Crippen molar-refractivity contribution in [1.82, 2.24) is 19.4 Å². The number of amides is 1. The summed E-state index contributed by atoms with van der Waals surface area (Å²) >= 11 is 0. The smallest absolute Gasteiger partial charge is 0.254 e. The predicted molar refractivity (Wildman–Crippen MR) is 180 cm³/mol. The van der Waals surface area contributed by atoms with E-state index >= 15 is 0 Å². The monoisotopic (exact) mass is 607 g/mol. The SMILES string of the molecule is [2H]C([2H])([2H])N1C(=O)c2cccc(C#C[Si](C(C)C)(C(C)C)C(C)C)c2[C@H]2C[C@@H]1c1nc3ccc(-c4ccc(C(C)(C)O)nc4)cc3n12. The highest BCUT2D eigenvalue weighted by molar-refractivity contribution is 6.90. The lowest BCUT2D eigenvalue weighted by molar-refractivity contribution is 0.0730. The van der Waals surface area contributed by atoms with Gasteiger partial charge < -0.3 is 14.6 Å². The van der Waals surface area contributed by atoms with Crippen molar-refractivity contribution in [2.75, 3.05) is 6.98 Å². The van der Waals surface area contributed by atoms with Crippen LogP contribution in [0.4, 0.5) is 0 Å². The zero-order valence-electron chi connectivity index (χ0n) is 29.9. The Kier molecular flexibility index (Phi) is 6.49. The highest BCUT2D eigenvalue weighted by Gasteiger charge is 2.45. The Balaban J connectivity index is 1.58. The molecule has 2 aliphatic rings. The number of imidazole rings is 1. The molecule has 1 amide bonds. The van der Waals surface area contributed by atoms with Crippen molar-refractivity contribution in [1.29, 1.82) is 0 Å². The maximum absolute atomic E-state index is 14.2. The van der Waals surface area contributed by atoms with E-state index in [9.17, 15) is 9.90 Å². The first-order chi connectivity index (χ1) is 22.0. The van der Waals surface area contributed by atoms with E-state index in [2.05, 4.69) is 68.6 Å². The first kappa shape index (κ1) is 26.7. The number of aromatic nitrogens is 3. The second-order valence-electron chi connectivity index (χ2n) is 13.9. The molecule has 0 spiro atoms.